The third kappa shape index (κ3) is 1.93. The molecule has 0 radical (unpaired) electrons. The lowest BCUT2D eigenvalue weighted by atomic mass is 9.81. The van der Waals surface area contributed by atoms with Crippen molar-refractivity contribution in [3.8, 4) is 0 Å². The minimum Gasteiger partial charge on any atom is -0.372 e. The Balaban J connectivity index is 1.55. The molecule has 3 rings (SSSR count). The molecular weight excluding hydrogens is 200 g/mol. The molecule has 0 aromatic heterocycles. The maximum atomic E-state index is 4.54. The molecule has 0 unspecified atom stereocenters. The summed E-state index contributed by atoms with van der Waals surface area (Å²) >= 11 is 0. The van der Waals surface area contributed by atoms with E-state index < -0.39 is 0 Å². The first kappa shape index (κ1) is 10.1. The van der Waals surface area contributed by atoms with Crippen molar-refractivity contribution in [2.45, 2.75) is 25.7 Å². The fourth-order valence-electron chi connectivity index (χ4n) is 3.02. The lowest BCUT2D eigenvalue weighted by Crippen LogP contribution is -2.34. The van der Waals surface area contributed by atoms with Crippen LogP contribution in [0.15, 0.2) is 9.98 Å². The predicted octanol–water partition coefficient (Wildman–Crippen LogP) is 0.796. The molecule has 3 aliphatic rings. The van der Waals surface area contributed by atoms with Gasteiger partial charge in [-0.1, -0.05) is 0 Å². The highest BCUT2D eigenvalue weighted by Crippen LogP contribution is 2.30. The van der Waals surface area contributed by atoms with E-state index >= 15 is 0 Å². The Labute approximate surface area is 96.6 Å². The molecular formula is C12H20N4. The van der Waals surface area contributed by atoms with E-state index in [1.54, 1.807) is 0 Å². The lowest BCUT2D eigenvalue weighted by molar-refractivity contribution is 0.381. The van der Waals surface area contributed by atoms with Crippen LogP contribution < -0.4 is 10.6 Å². The maximum absolute atomic E-state index is 4.54. The van der Waals surface area contributed by atoms with Gasteiger partial charge >= 0.3 is 0 Å². The average Bonchev–Trinajstić information content (AvgIpc) is 3.03. The van der Waals surface area contributed by atoms with E-state index in [2.05, 4.69) is 20.6 Å². The minimum atomic E-state index is 0.695. The number of hydrogen-bond donors (Lipinski definition) is 2. The number of hydrogen-bond acceptors (Lipinski definition) is 4. The summed E-state index contributed by atoms with van der Waals surface area (Å²) in [7, 11) is 0. The summed E-state index contributed by atoms with van der Waals surface area (Å²) in [4.78, 5) is 9.08. The van der Waals surface area contributed by atoms with Crippen molar-refractivity contribution in [3.05, 3.63) is 0 Å². The number of rotatable bonds is 2. The molecule has 4 nitrogen and oxygen atoms in total. The van der Waals surface area contributed by atoms with Gasteiger partial charge in [0.05, 0.1) is 24.8 Å². The van der Waals surface area contributed by atoms with Crippen LogP contribution in [0.5, 0.6) is 0 Å². The van der Waals surface area contributed by atoms with E-state index in [0.717, 1.165) is 26.2 Å². The first-order chi connectivity index (χ1) is 7.93. The van der Waals surface area contributed by atoms with Gasteiger partial charge in [0.15, 0.2) is 0 Å². The highest BCUT2D eigenvalue weighted by molar-refractivity contribution is 5.88. The number of nitrogens with one attached hydrogen (secondary N) is 2. The molecule has 16 heavy (non-hydrogen) atoms. The molecule has 0 bridgehead atoms. The predicted molar refractivity (Wildman–Crippen MR) is 66.1 cm³/mol. The topological polar surface area (TPSA) is 48.8 Å². The van der Waals surface area contributed by atoms with E-state index in [0.29, 0.717) is 11.8 Å². The third-order valence-electron chi connectivity index (χ3n) is 3.90. The second-order valence-electron chi connectivity index (χ2n) is 4.94. The van der Waals surface area contributed by atoms with Crippen LogP contribution >= 0.6 is 0 Å². The van der Waals surface area contributed by atoms with Crippen molar-refractivity contribution in [2.75, 3.05) is 26.2 Å². The monoisotopic (exact) mass is 220 g/mol. The first-order valence-corrected chi connectivity index (χ1v) is 6.50. The van der Waals surface area contributed by atoms with Crippen LogP contribution in [0.4, 0.5) is 0 Å². The fraction of sp³-hybridized carbons (Fsp3) is 0.833. The Kier molecular flexibility index (Phi) is 2.80. The van der Waals surface area contributed by atoms with Crippen molar-refractivity contribution in [2.24, 2.45) is 21.8 Å². The molecule has 0 aromatic rings. The van der Waals surface area contributed by atoms with Gasteiger partial charge in [-0.15, -0.1) is 0 Å². The minimum absolute atomic E-state index is 0.695. The lowest BCUT2D eigenvalue weighted by Gasteiger charge is -2.28. The smallest absolute Gasteiger partial charge is 0.0995 e. The zero-order valence-electron chi connectivity index (χ0n) is 9.71. The fourth-order valence-corrected chi connectivity index (χ4v) is 3.02. The Morgan fingerprint density at radius 2 is 1.19 bits per heavy atom. The highest BCUT2D eigenvalue weighted by atomic mass is 15.1. The summed E-state index contributed by atoms with van der Waals surface area (Å²) in [5.41, 5.74) is 0. The number of aliphatic imine (C=N–C) groups is 2. The highest BCUT2D eigenvalue weighted by Gasteiger charge is 2.29. The molecule has 0 saturated heterocycles. The van der Waals surface area contributed by atoms with Crippen molar-refractivity contribution in [1.29, 1.82) is 0 Å². The SMILES string of the molecule is C1CNC(C2CCC(C3=NCCN3)CC2)=N1. The Morgan fingerprint density at radius 1 is 0.750 bits per heavy atom. The van der Waals surface area contributed by atoms with Crippen molar-refractivity contribution < 1.29 is 0 Å². The molecule has 0 aromatic carbocycles. The summed E-state index contributed by atoms with van der Waals surface area (Å²) < 4.78 is 0. The van der Waals surface area contributed by atoms with Crippen LogP contribution in [-0.2, 0) is 0 Å². The van der Waals surface area contributed by atoms with Gasteiger partial charge in [0.2, 0.25) is 0 Å². The van der Waals surface area contributed by atoms with Crippen LogP contribution in [0.25, 0.3) is 0 Å². The molecule has 0 spiro atoms. The van der Waals surface area contributed by atoms with Crippen molar-refractivity contribution in [3.63, 3.8) is 0 Å². The number of nitrogens with zero attached hydrogens (tertiary/aromatic N) is 2. The summed E-state index contributed by atoms with van der Waals surface area (Å²) in [6, 6.07) is 0. The van der Waals surface area contributed by atoms with Crippen LogP contribution in [0.1, 0.15) is 25.7 Å². The normalized spacial score (nSPS) is 34.0. The standard InChI is InChI=1S/C12H20N4/c1-2-10(12-15-7-8-16-12)4-3-9(1)11-13-5-6-14-11/h9-10H,1-8H2,(H,13,14)(H,15,16). The average molecular weight is 220 g/mol. The summed E-state index contributed by atoms with van der Waals surface area (Å²) in [6.45, 7) is 4.04. The molecule has 88 valence electrons. The molecule has 2 heterocycles. The van der Waals surface area contributed by atoms with Crippen molar-refractivity contribution >= 4 is 11.7 Å². The molecule has 0 amide bonds. The van der Waals surface area contributed by atoms with Gasteiger partial charge in [-0.25, -0.2) is 0 Å². The first-order valence-electron chi connectivity index (χ1n) is 6.50. The third-order valence-corrected chi connectivity index (χ3v) is 3.90. The van der Waals surface area contributed by atoms with Crippen LogP contribution in [0.3, 0.4) is 0 Å². The second kappa shape index (κ2) is 4.44. The maximum Gasteiger partial charge on any atom is 0.0995 e. The molecule has 2 aliphatic heterocycles. The van der Waals surface area contributed by atoms with Crippen LogP contribution in [0.2, 0.25) is 0 Å². The number of amidine groups is 2. The molecule has 2 N–H and O–H groups in total. The van der Waals surface area contributed by atoms with E-state index in [4.69, 9.17) is 0 Å². The largest absolute Gasteiger partial charge is 0.372 e. The van der Waals surface area contributed by atoms with Gasteiger partial charge in [0.1, 0.15) is 0 Å². The van der Waals surface area contributed by atoms with Crippen LogP contribution in [-0.4, -0.2) is 37.9 Å². The molecule has 4 heteroatoms. The Morgan fingerprint density at radius 3 is 1.50 bits per heavy atom. The van der Waals surface area contributed by atoms with Gasteiger partial charge in [-0.2, -0.15) is 0 Å². The zero-order valence-corrected chi connectivity index (χ0v) is 9.71. The Bertz CT molecular complexity index is 281. The summed E-state index contributed by atoms with van der Waals surface area (Å²) in [5, 5.41) is 6.83. The van der Waals surface area contributed by atoms with E-state index in [-0.39, 0.29) is 0 Å². The quantitative estimate of drug-likeness (QED) is 0.723. The molecule has 0 atom stereocenters. The molecule has 1 saturated carbocycles. The van der Waals surface area contributed by atoms with Gasteiger partial charge in [0.25, 0.3) is 0 Å². The molecule has 1 aliphatic carbocycles. The Hall–Kier alpha value is -1.06. The van der Waals surface area contributed by atoms with Crippen LogP contribution in [0, 0.1) is 11.8 Å². The molecule has 1 fully saturated rings. The van der Waals surface area contributed by atoms with E-state index in [1.165, 1.54) is 37.4 Å². The van der Waals surface area contributed by atoms with Gasteiger partial charge < -0.3 is 10.6 Å². The van der Waals surface area contributed by atoms with Gasteiger partial charge in [-0.3, -0.25) is 9.98 Å². The van der Waals surface area contributed by atoms with Crippen molar-refractivity contribution in [1.82, 2.24) is 10.6 Å². The van der Waals surface area contributed by atoms with Gasteiger partial charge in [0, 0.05) is 24.9 Å². The summed E-state index contributed by atoms with van der Waals surface area (Å²) in [5.74, 6) is 3.95. The van der Waals surface area contributed by atoms with E-state index in [1.807, 2.05) is 0 Å². The second-order valence-corrected chi connectivity index (χ2v) is 4.94. The van der Waals surface area contributed by atoms with E-state index in [9.17, 15) is 0 Å². The summed E-state index contributed by atoms with van der Waals surface area (Å²) in [6.07, 6.45) is 5.10. The van der Waals surface area contributed by atoms with Gasteiger partial charge in [-0.05, 0) is 25.7 Å². The zero-order chi connectivity index (χ0) is 10.8.